The van der Waals surface area contributed by atoms with E-state index in [0.717, 1.165) is 16.0 Å². The number of thiocarbonyl (C=S) groups is 1. The molecule has 0 bridgehead atoms. The van der Waals surface area contributed by atoms with Gasteiger partial charge in [0.15, 0.2) is 0 Å². The third kappa shape index (κ3) is 7.58. The number of rotatable bonds is 3. The van der Waals surface area contributed by atoms with Crippen molar-refractivity contribution in [2.75, 3.05) is 0 Å². The average molecular weight is 321 g/mol. The number of aryl methyl sites for hydroxylation is 1. The van der Waals surface area contributed by atoms with E-state index in [1.807, 2.05) is 38.1 Å². The fraction of sp³-hybridized carbons (Fsp3) is 0.227. The molecular formula is C22H24S. The zero-order chi connectivity index (χ0) is 17.2. The molecule has 0 aromatic heterocycles. The van der Waals surface area contributed by atoms with Crippen LogP contribution in [0.1, 0.15) is 43.0 Å². The highest BCUT2D eigenvalue weighted by molar-refractivity contribution is 7.80. The maximum Gasteiger partial charge on any atom is 0.0245 e. The van der Waals surface area contributed by atoms with E-state index in [0.29, 0.717) is 5.92 Å². The molecule has 0 spiro atoms. The first-order chi connectivity index (χ1) is 10.9. The lowest BCUT2D eigenvalue weighted by atomic mass is 10.1. The molecule has 0 fully saturated rings. The molecule has 1 heteroatoms. The van der Waals surface area contributed by atoms with Crippen molar-refractivity contribution in [1.29, 1.82) is 0 Å². The lowest BCUT2D eigenvalue weighted by Gasteiger charge is -1.99. The van der Waals surface area contributed by atoms with E-state index in [-0.39, 0.29) is 0 Å². The minimum atomic E-state index is 0.599. The summed E-state index contributed by atoms with van der Waals surface area (Å²) >= 11 is 5.09. The second-order valence-corrected chi connectivity index (χ2v) is 6.41. The van der Waals surface area contributed by atoms with Gasteiger partial charge in [-0.3, -0.25) is 0 Å². The largest absolute Gasteiger partial charge is 0.115 e. The lowest BCUT2D eigenvalue weighted by Crippen LogP contribution is -1.88. The number of hydrogen-bond acceptors (Lipinski definition) is 1. The van der Waals surface area contributed by atoms with Gasteiger partial charge >= 0.3 is 0 Å². The summed E-state index contributed by atoms with van der Waals surface area (Å²) in [5.74, 6) is 3.17. The molecule has 0 radical (unpaired) electrons. The molecule has 0 heterocycles. The summed E-state index contributed by atoms with van der Waals surface area (Å²) in [5.41, 5.74) is 4.54. The molecule has 0 saturated heterocycles. The number of hydrogen-bond donors (Lipinski definition) is 0. The highest BCUT2D eigenvalue weighted by atomic mass is 32.1. The van der Waals surface area contributed by atoms with Crippen LogP contribution in [0.3, 0.4) is 0 Å². The van der Waals surface area contributed by atoms with E-state index in [4.69, 9.17) is 18.6 Å². The molecule has 0 N–H and O–H groups in total. The maximum atomic E-state index is 5.17. The summed E-state index contributed by atoms with van der Waals surface area (Å²) < 4.78 is 0. The van der Waals surface area contributed by atoms with E-state index >= 15 is 0 Å². The normalized spacial score (nSPS) is 10.1. The minimum Gasteiger partial charge on any atom is -0.115 e. The zero-order valence-electron chi connectivity index (χ0n) is 14.3. The van der Waals surface area contributed by atoms with Crippen molar-refractivity contribution in [2.45, 2.75) is 27.7 Å². The summed E-state index contributed by atoms with van der Waals surface area (Å²) in [4.78, 5) is 0.949. The van der Waals surface area contributed by atoms with Gasteiger partial charge in [-0.15, -0.1) is 6.42 Å². The van der Waals surface area contributed by atoms with Crippen LogP contribution in [0, 0.1) is 25.2 Å². The Labute approximate surface area is 146 Å². The molecule has 0 atom stereocenters. The van der Waals surface area contributed by atoms with Crippen molar-refractivity contribution in [3.05, 3.63) is 76.9 Å². The second kappa shape index (κ2) is 9.77. The number of terminal acetylenes is 1. The Balaban J connectivity index is 0.000000253. The van der Waals surface area contributed by atoms with Crippen molar-refractivity contribution in [2.24, 2.45) is 5.92 Å². The molecule has 0 amide bonds. The Morgan fingerprint density at radius 1 is 1.13 bits per heavy atom. The van der Waals surface area contributed by atoms with Gasteiger partial charge in [0.1, 0.15) is 0 Å². The summed E-state index contributed by atoms with van der Waals surface area (Å²) in [7, 11) is 0. The molecule has 2 rings (SSSR count). The zero-order valence-corrected chi connectivity index (χ0v) is 15.2. The first-order valence-corrected chi connectivity index (χ1v) is 8.15. The first-order valence-electron chi connectivity index (χ1n) is 7.75. The first kappa shape index (κ1) is 18.9. The Bertz CT molecular complexity index is 697. The molecule has 0 aliphatic carbocycles. The van der Waals surface area contributed by atoms with Gasteiger partial charge in [-0.1, -0.05) is 80.5 Å². The van der Waals surface area contributed by atoms with Crippen LogP contribution in [-0.4, -0.2) is 4.86 Å². The highest BCUT2D eigenvalue weighted by Crippen LogP contribution is 2.09. The van der Waals surface area contributed by atoms with Crippen LogP contribution in [0.15, 0.2) is 54.6 Å². The minimum absolute atomic E-state index is 0.599. The van der Waals surface area contributed by atoms with Gasteiger partial charge in [0.2, 0.25) is 0 Å². The Morgan fingerprint density at radius 2 is 1.78 bits per heavy atom. The lowest BCUT2D eigenvalue weighted by molar-refractivity contribution is 0.836. The van der Waals surface area contributed by atoms with Crippen molar-refractivity contribution < 1.29 is 0 Å². The number of benzene rings is 2. The molecule has 2 aromatic carbocycles. The smallest absolute Gasteiger partial charge is 0.0245 e. The Hall–Kier alpha value is -2.17. The fourth-order valence-electron chi connectivity index (χ4n) is 1.87. The van der Waals surface area contributed by atoms with E-state index in [2.05, 4.69) is 56.2 Å². The van der Waals surface area contributed by atoms with Gasteiger partial charge in [0.25, 0.3) is 0 Å². The summed E-state index contributed by atoms with van der Waals surface area (Å²) in [6.07, 6.45) is 9.51. The Morgan fingerprint density at radius 3 is 2.22 bits per heavy atom. The molecular weight excluding hydrogens is 296 g/mol. The van der Waals surface area contributed by atoms with Gasteiger partial charge in [0.05, 0.1) is 0 Å². The summed E-state index contributed by atoms with van der Waals surface area (Å²) in [6, 6.07) is 16.2. The predicted octanol–water partition coefficient (Wildman–Crippen LogP) is 6.07. The van der Waals surface area contributed by atoms with Crippen LogP contribution in [-0.2, 0) is 0 Å². The van der Waals surface area contributed by atoms with Crippen molar-refractivity contribution >= 4 is 23.2 Å². The van der Waals surface area contributed by atoms with E-state index in [1.165, 1.54) is 11.1 Å². The SMILES string of the molecule is C#Cc1cccc(C)c1.CC(=S)c1ccc(/C=C/C(C)C)cc1. The molecule has 2 aromatic rings. The topological polar surface area (TPSA) is 0 Å². The van der Waals surface area contributed by atoms with E-state index < -0.39 is 0 Å². The predicted molar refractivity (Wildman–Crippen MR) is 107 cm³/mol. The molecule has 118 valence electrons. The summed E-state index contributed by atoms with van der Waals surface area (Å²) in [6.45, 7) is 8.33. The van der Waals surface area contributed by atoms with Crippen molar-refractivity contribution in [3.63, 3.8) is 0 Å². The van der Waals surface area contributed by atoms with E-state index in [1.54, 1.807) is 0 Å². The second-order valence-electron chi connectivity index (χ2n) is 5.80. The van der Waals surface area contributed by atoms with Gasteiger partial charge in [-0.2, -0.15) is 0 Å². The molecule has 0 aliphatic heterocycles. The third-order valence-corrected chi connectivity index (χ3v) is 3.41. The van der Waals surface area contributed by atoms with Crippen molar-refractivity contribution in [1.82, 2.24) is 0 Å². The van der Waals surface area contributed by atoms with Gasteiger partial charge < -0.3 is 0 Å². The molecule has 0 nitrogen and oxygen atoms in total. The van der Waals surface area contributed by atoms with E-state index in [9.17, 15) is 0 Å². The van der Waals surface area contributed by atoms with Crippen molar-refractivity contribution in [3.8, 4) is 12.3 Å². The molecule has 0 aliphatic rings. The number of allylic oxidation sites excluding steroid dienone is 1. The summed E-state index contributed by atoms with van der Waals surface area (Å²) in [5, 5.41) is 0. The fourth-order valence-corrected chi connectivity index (χ4v) is 2.00. The average Bonchev–Trinajstić information content (AvgIpc) is 2.54. The van der Waals surface area contributed by atoms with Crippen LogP contribution in [0.4, 0.5) is 0 Å². The van der Waals surface area contributed by atoms with Crippen LogP contribution in [0.25, 0.3) is 6.08 Å². The quantitative estimate of drug-likeness (QED) is 0.376. The van der Waals surface area contributed by atoms with Crippen LogP contribution in [0.5, 0.6) is 0 Å². The van der Waals surface area contributed by atoms with Crippen LogP contribution >= 0.6 is 12.2 Å². The molecule has 0 saturated carbocycles. The van der Waals surface area contributed by atoms with Gasteiger partial charge in [-0.25, -0.2) is 0 Å². The maximum absolute atomic E-state index is 5.17. The third-order valence-electron chi connectivity index (χ3n) is 3.18. The van der Waals surface area contributed by atoms with Crippen LogP contribution < -0.4 is 0 Å². The standard InChI is InChI=1S/C13H16S.C9H8/c1-10(2)4-5-12-6-8-13(9-7-12)11(3)14;1-3-9-6-4-5-8(2)7-9/h4-10H,1-3H3;1,4-7H,2H3/b5-4+;. The van der Waals surface area contributed by atoms with Crippen LogP contribution in [0.2, 0.25) is 0 Å². The van der Waals surface area contributed by atoms with Gasteiger partial charge in [0, 0.05) is 10.4 Å². The monoisotopic (exact) mass is 320 g/mol. The molecule has 0 unspecified atom stereocenters. The molecule has 23 heavy (non-hydrogen) atoms. The van der Waals surface area contributed by atoms with Gasteiger partial charge in [-0.05, 0) is 48.6 Å². The highest BCUT2D eigenvalue weighted by Gasteiger charge is 1.93. The Kier molecular flexibility index (Phi) is 8.02.